The SMILES string of the molecule is Cc1c(C)c2cc(-c3cc(-c4ccccc4)ncc3-c3ccccc3-c3cc(-c4ccccc4-c4ccc(-c5ccccc5)nc4)cc(-c4ccccc4-c4ccc(-c5ccccc5)nc4)c3)ccc2c2ccccc12. The van der Waals surface area contributed by atoms with Crippen LogP contribution in [0.4, 0.5) is 0 Å². The second-order valence-corrected chi connectivity index (χ2v) is 19.6. The Labute approximate surface area is 444 Å². The molecule has 0 aliphatic carbocycles. The number of rotatable bonds is 10. The molecule has 0 amide bonds. The summed E-state index contributed by atoms with van der Waals surface area (Å²) in [5.41, 5.74) is 24.1. The maximum absolute atomic E-state index is 5.24. The molecule has 0 radical (unpaired) electrons. The van der Waals surface area contributed by atoms with Crippen molar-refractivity contribution in [2.75, 3.05) is 0 Å². The Morgan fingerprint density at radius 2 is 0.566 bits per heavy atom. The van der Waals surface area contributed by atoms with E-state index in [0.717, 1.165) is 112 Å². The molecule has 0 atom stereocenters. The molecule has 0 aliphatic rings. The fourth-order valence-corrected chi connectivity index (χ4v) is 11.1. The molecule has 3 nitrogen and oxygen atoms in total. The lowest BCUT2D eigenvalue weighted by Crippen LogP contribution is -1.95. The van der Waals surface area contributed by atoms with Gasteiger partial charge in [0.15, 0.2) is 0 Å². The van der Waals surface area contributed by atoms with E-state index in [1.807, 2.05) is 24.5 Å². The second-order valence-electron chi connectivity index (χ2n) is 19.6. The number of pyridine rings is 3. The van der Waals surface area contributed by atoms with Crippen molar-refractivity contribution in [3.05, 3.63) is 285 Å². The summed E-state index contributed by atoms with van der Waals surface area (Å²) in [7, 11) is 0. The van der Waals surface area contributed by atoms with Crippen LogP contribution < -0.4 is 0 Å². The summed E-state index contributed by atoms with van der Waals surface area (Å²) in [6.07, 6.45) is 6.11. The molecular weight excluding hydrogens is 919 g/mol. The van der Waals surface area contributed by atoms with Crippen LogP contribution in [0.5, 0.6) is 0 Å². The minimum Gasteiger partial charge on any atom is -0.256 e. The maximum Gasteiger partial charge on any atom is 0.0708 e. The van der Waals surface area contributed by atoms with Crippen LogP contribution in [0, 0.1) is 13.8 Å². The van der Waals surface area contributed by atoms with Crippen LogP contribution in [0.15, 0.2) is 273 Å². The van der Waals surface area contributed by atoms with Crippen molar-refractivity contribution in [3.63, 3.8) is 0 Å². The fourth-order valence-electron chi connectivity index (χ4n) is 11.1. The lowest BCUT2D eigenvalue weighted by atomic mass is 9.85. The lowest BCUT2D eigenvalue weighted by molar-refractivity contribution is 1.32. The van der Waals surface area contributed by atoms with Crippen molar-refractivity contribution < 1.29 is 0 Å². The van der Waals surface area contributed by atoms with Crippen LogP contribution in [-0.4, -0.2) is 15.0 Å². The molecule has 358 valence electrons. The maximum atomic E-state index is 5.24. The van der Waals surface area contributed by atoms with Gasteiger partial charge in [0.2, 0.25) is 0 Å². The third-order valence-electron chi connectivity index (χ3n) is 15.1. The van der Waals surface area contributed by atoms with Gasteiger partial charge in [-0.1, -0.05) is 212 Å². The Hall–Kier alpha value is -9.83. The largest absolute Gasteiger partial charge is 0.256 e. The van der Waals surface area contributed by atoms with Gasteiger partial charge in [-0.25, -0.2) is 0 Å². The van der Waals surface area contributed by atoms with Crippen molar-refractivity contribution in [2.45, 2.75) is 13.8 Å². The summed E-state index contributed by atoms with van der Waals surface area (Å²) in [6.45, 7) is 4.51. The van der Waals surface area contributed by atoms with Gasteiger partial charge < -0.3 is 0 Å². The van der Waals surface area contributed by atoms with Crippen LogP contribution in [-0.2, 0) is 0 Å². The number of nitrogens with zero attached hydrogens (tertiary/aromatic N) is 3. The molecule has 3 aromatic heterocycles. The quantitative estimate of drug-likeness (QED) is 0.128. The van der Waals surface area contributed by atoms with Crippen molar-refractivity contribution in [1.29, 1.82) is 0 Å². The van der Waals surface area contributed by atoms with Crippen molar-refractivity contribution in [1.82, 2.24) is 15.0 Å². The Bertz CT molecular complexity index is 4120. The predicted octanol–water partition coefficient (Wildman–Crippen LogP) is 19.5. The molecule has 3 heterocycles. The van der Waals surface area contributed by atoms with Crippen molar-refractivity contribution in [3.8, 4) is 112 Å². The van der Waals surface area contributed by atoms with E-state index < -0.39 is 0 Å². The minimum atomic E-state index is 0.929. The van der Waals surface area contributed by atoms with Crippen LogP contribution in [0.2, 0.25) is 0 Å². The monoisotopic (exact) mass is 969 g/mol. The smallest absolute Gasteiger partial charge is 0.0708 e. The first-order chi connectivity index (χ1) is 37.5. The van der Waals surface area contributed by atoms with E-state index in [0.29, 0.717) is 0 Å². The van der Waals surface area contributed by atoms with Gasteiger partial charge in [-0.15, -0.1) is 0 Å². The number of aryl methyl sites for hydroxylation is 2. The minimum absolute atomic E-state index is 0.929. The Kier molecular flexibility index (Phi) is 12.0. The molecule has 0 aliphatic heterocycles. The van der Waals surface area contributed by atoms with Crippen LogP contribution >= 0.6 is 0 Å². The summed E-state index contributed by atoms with van der Waals surface area (Å²) in [4.78, 5) is 15.2. The van der Waals surface area contributed by atoms with Gasteiger partial charge in [-0.3, -0.25) is 15.0 Å². The molecule has 0 fully saturated rings. The third kappa shape index (κ3) is 8.64. The van der Waals surface area contributed by atoms with E-state index in [9.17, 15) is 0 Å². The first-order valence-electron chi connectivity index (χ1n) is 26.0. The number of benzene rings is 10. The zero-order chi connectivity index (χ0) is 51.0. The summed E-state index contributed by atoms with van der Waals surface area (Å²) >= 11 is 0. The topological polar surface area (TPSA) is 38.7 Å². The van der Waals surface area contributed by atoms with Crippen LogP contribution in [0.25, 0.3) is 133 Å². The second kappa shape index (κ2) is 19.9. The van der Waals surface area contributed by atoms with E-state index in [2.05, 4.69) is 263 Å². The molecule has 0 N–H and O–H groups in total. The van der Waals surface area contributed by atoms with E-state index >= 15 is 0 Å². The molecule has 0 unspecified atom stereocenters. The first-order valence-corrected chi connectivity index (χ1v) is 26.0. The Morgan fingerprint density at radius 1 is 0.197 bits per heavy atom. The Balaban J connectivity index is 1.01. The molecule has 76 heavy (non-hydrogen) atoms. The summed E-state index contributed by atoms with van der Waals surface area (Å²) < 4.78 is 0. The molecule has 0 spiro atoms. The highest BCUT2D eigenvalue weighted by molar-refractivity contribution is 6.12. The molecule has 0 saturated heterocycles. The van der Waals surface area contributed by atoms with Gasteiger partial charge in [0.25, 0.3) is 0 Å². The predicted molar refractivity (Wildman–Crippen MR) is 319 cm³/mol. The number of aromatic nitrogens is 3. The van der Waals surface area contributed by atoms with Crippen molar-refractivity contribution in [2.24, 2.45) is 0 Å². The average Bonchev–Trinajstić information content (AvgIpc) is 3.51. The fraction of sp³-hybridized carbons (Fsp3) is 0.0274. The van der Waals surface area contributed by atoms with E-state index in [4.69, 9.17) is 15.0 Å². The van der Waals surface area contributed by atoms with Gasteiger partial charge in [-0.05, 0) is 150 Å². The summed E-state index contributed by atoms with van der Waals surface area (Å²) in [6, 6.07) is 91.3. The molecule has 13 aromatic rings. The first kappa shape index (κ1) is 46.0. The van der Waals surface area contributed by atoms with Gasteiger partial charge >= 0.3 is 0 Å². The van der Waals surface area contributed by atoms with E-state index in [1.54, 1.807) is 0 Å². The van der Waals surface area contributed by atoms with Gasteiger partial charge in [-0.2, -0.15) is 0 Å². The van der Waals surface area contributed by atoms with Crippen LogP contribution in [0.1, 0.15) is 11.1 Å². The molecule has 3 heteroatoms. The van der Waals surface area contributed by atoms with E-state index in [1.165, 1.54) is 32.7 Å². The lowest BCUT2D eigenvalue weighted by Gasteiger charge is -2.19. The third-order valence-corrected chi connectivity index (χ3v) is 15.1. The highest BCUT2D eigenvalue weighted by Gasteiger charge is 2.20. The molecule has 13 rings (SSSR count). The van der Waals surface area contributed by atoms with Gasteiger partial charge in [0.1, 0.15) is 0 Å². The van der Waals surface area contributed by atoms with Crippen molar-refractivity contribution >= 4 is 21.5 Å². The van der Waals surface area contributed by atoms with E-state index in [-0.39, 0.29) is 0 Å². The summed E-state index contributed by atoms with van der Waals surface area (Å²) in [5.74, 6) is 0. The highest BCUT2D eigenvalue weighted by Crippen LogP contribution is 2.45. The number of fused-ring (bicyclic) bond motifs is 3. The zero-order valence-corrected chi connectivity index (χ0v) is 42.3. The van der Waals surface area contributed by atoms with Gasteiger partial charge in [0.05, 0.1) is 17.1 Å². The molecule has 0 saturated carbocycles. The van der Waals surface area contributed by atoms with Gasteiger partial charge in [0, 0.05) is 52.0 Å². The average molecular weight is 970 g/mol. The Morgan fingerprint density at radius 3 is 1.05 bits per heavy atom. The molecule has 0 bridgehead atoms. The zero-order valence-electron chi connectivity index (χ0n) is 42.3. The molecular formula is C73H51N3. The van der Waals surface area contributed by atoms with Crippen LogP contribution in [0.3, 0.4) is 0 Å². The summed E-state index contributed by atoms with van der Waals surface area (Å²) in [5, 5.41) is 5.09. The normalized spacial score (nSPS) is 11.3. The number of hydrogen-bond donors (Lipinski definition) is 0. The molecule has 10 aromatic carbocycles. The number of hydrogen-bond acceptors (Lipinski definition) is 3. The standard InChI is InChI=1S/C73H51N3/c1-48-49(2)68-43-53(34-37-67(68)65-32-18-12-26-59(48)65)69-44-73(52-24-10-5-11-25-52)76-47-70(69)66-33-19-17-31-64(66)58-41-56(62-29-15-13-27-60(62)54-35-38-71(74-45-54)50-20-6-3-7-21-50)40-57(42-58)63-30-16-14-28-61(63)55-36-39-72(75-46-55)51-22-8-4-9-23-51/h3-47H,1-2H3. The highest BCUT2D eigenvalue weighted by atomic mass is 14.7.